The van der Waals surface area contributed by atoms with Crippen LogP contribution >= 0.6 is 0 Å². The number of esters is 4. The molecule has 1 aliphatic carbocycles. The molecule has 0 bridgehead atoms. The third-order valence-electron chi connectivity index (χ3n) is 5.81. The van der Waals surface area contributed by atoms with Crippen LogP contribution in [0.4, 0.5) is 0 Å². The topological polar surface area (TPSA) is 135 Å². The van der Waals surface area contributed by atoms with Crippen LogP contribution in [0, 0.1) is 0 Å². The Morgan fingerprint density at radius 2 is 1.74 bits per heavy atom. The first kappa shape index (κ1) is 22.9. The molecule has 10 nitrogen and oxygen atoms in total. The van der Waals surface area contributed by atoms with E-state index >= 15 is 0 Å². The van der Waals surface area contributed by atoms with Gasteiger partial charge in [-0.25, -0.2) is 4.79 Å². The number of Topliss-reactive ketones (excluding diaryl/α,β-unsaturated/α-hetero) is 1. The minimum atomic E-state index is -1.61. The van der Waals surface area contributed by atoms with Gasteiger partial charge >= 0.3 is 23.9 Å². The lowest BCUT2D eigenvalue weighted by Crippen LogP contribution is -2.46. The highest BCUT2D eigenvalue weighted by Crippen LogP contribution is 2.50. The summed E-state index contributed by atoms with van der Waals surface area (Å²) >= 11 is 0. The highest BCUT2D eigenvalue weighted by Gasteiger charge is 2.63. The highest BCUT2D eigenvalue weighted by atomic mass is 16.7. The van der Waals surface area contributed by atoms with E-state index in [9.17, 15) is 24.0 Å². The maximum Gasteiger partial charge on any atom is 0.338 e. The van der Waals surface area contributed by atoms with Gasteiger partial charge in [0.2, 0.25) is 0 Å². The smallest absolute Gasteiger partial charge is 0.338 e. The predicted molar refractivity (Wildman–Crippen MR) is 101 cm³/mol. The lowest BCUT2D eigenvalue weighted by atomic mass is 9.80. The van der Waals surface area contributed by atoms with Gasteiger partial charge in [0.15, 0.2) is 17.5 Å². The minimum absolute atomic E-state index is 0.0162. The molecule has 2 fully saturated rings. The second-order valence-electron chi connectivity index (χ2n) is 8.44. The standard InChI is InChI=1S/C21H26O10/c1-10(22)27-9-13-16-14(28-11(2)23)8-21(5,30-12(3)24)15(25)6-7-20(4)18(31-20)17(16)29-19(13)26/h14,17-18H,6-9H2,1-5H3/t14-,17-,18+,20+,21+/m1/s1. The summed E-state index contributed by atoms with van der Waals surface area (Å²) < 4.78 is 27.2. The maximum atomic E-state index is 13.0. The summed E-state index contributed by atoms with van der Waals surface area (Å²) in [4.78, 5) is 60.6. The predicted octanol–water partition coefficient (Wildman–Crippen LogP) is 0.935. The number of rotatable bonds is 4. The first-order valence-corrected chi connectivity index (χ1v) is 10.0. The number of carbonyl (C=O) groups is 5. The largest absolute Gasteiger partial charge is 0.461 e. The fourth-order valence-electron chi connectivity index (χ4n) is 4.22. The first-order valence-electron chi connectivity index (χ1n) is 10.0. The van der Waals surface area contributed by atoms with Gasteiger partial charge < -0.3 is 23.7 Å². The van der Waals surface area contributed by atoms with Crippen molar-refractivity contribution in [2.24, 2.45) is 0 Å². The van der Waals surface area contributed by atoms with Crippen LogP contribution in [0.25, 0.3) is 0 Å². The first-order chi connectivity index (χ1) is 14.4. The second kappa shape index (κ2) is 8.07. The lowest BCUT2D eigenvalue weighted by Gasteiger charge is -2.33. The van der Waals surface area contributed by atoms with Crippen LogP contribution in [0.15, 0.2) is 11.1 Å². The number of carbonyl (C=O) groups excluding carboxylic acids is 5. The summed E-state index contributed by atoms with van der Waals surface area (Å²) in [5, 5.41) is 0. The van der Waals surface area contributed by atoms with Gasteiger partial charge in [-0.05, 0) is 20.3 Å². The summed E-state index contributed by atoms with van der Waals surface area (Å²) in [6, 6.07) is 0. The summed E-state index contributed by atoms with van der Waals surface area (Å²) in [6.45, 7) is 6.39. The van der Waals surface area contributed by atoms with Gasteiger partial charge in [0.25, 0.3) is 0 Å². The van der Waals surface area contributed by atoms with Gasteiger partial charge in [-0.3, -0.25) is 19.2 Å². The molecule has 0 spiro atoms. The van der Waals surface area contributed by atoms with Crippen molar-refractivity contribution in [1.29, 1.82) is 0 Å². The van der Waals surface area contributed by atoms with Gasteiger partial charge in [0, 0.05) is 39.2 Å². The fraction of sp³-hybridized carbons (Fsp3) is 0.667. The zero-order chi connectivity index (χ0) is 23.1. The third-order valence-corrected chi connectivity index (χ3v) is 5.81. The van der Waals surface area contributed by atoms with E-state index in [0.717, 1.165) is 0 Å². The van der Waals surface area contributed by atoms with E-state index in [0.29, 0.717) is 6.42 Å². The van der Waals surface area contributed by atoms with Crippen molar-refractivity contribution in [1.82, 2.24) is 0 Å². The fourth-order valence-corrected chi connectivity index (χ4v) is 4.22. The van der Waals surface area contributed by atoms with Crippen molar-refractivity contribution in [3.8, 4) is 0 Å². The third kappa shape index (κ3) is 4.63. The van der Waals surface area contributed by atoms with E-state index in [2.05, 4.69) is 0 Å². The SMILES string of the molecule is CC(=O)OCC1=C2[C@@H](OC1=O)[C@@H]1O[C@@]1(C)CCC(=O)[C@@](C)(OC(C)=O)C[C@H]2OC(C)=O. The number of ether oxygens (including phenoxy) is 5. The van der Waals surface area contributed by atoms with Crippen molar-refractivity contribution in [3.63, 3.8) is 0 Å². The molecule has 1 saturated heterocycles. The molecule has 5 atom stereocenters. The van der Waals surface area contributed by atoms with Crippen LogP contribution in [0.3, 0.4) is 0 Å². The van der Waals surface area contributed by atoms with Crippen LogP contribution in [-0.4, -0.2) is 65.8 Å². The van der Waals surface area contributed by atoms with Gasteiger partial charge in [-0.1, -0.05) is 0 Å². The lowest BCUT2D eigenvalue weighted by molar-refractivity contribution is -0.169. The van der Waals surface area contributed by atoms with Gasteiger partial charge in [0.05, 0.1) is 11.2 Å². The van der Waals surface area contributed by atoms with Gasteiger partial charge in [-0.15, -0.1) is 0 Å². The quantitative estimate of drug-likeness (QED) is 0.354. The Labute approximate surface area is 179 Å². The molecule has 0 N–H and O–H groups in total. The van der Waals surface area contributed by atoms with Crippen molar-refractivity contribution in [3.05, 3.63) is 11.1 Å². The Morgan fingerprint density at radius 1 is 1.06 bits per heavy atom. The summed E-state index contributed by atoms with van der Waals surface area (Å²) in [7, 11) is 0. The van der Waals surface area contributed by atoms with Gasteiger partial charge in [0.1, 0.15) is 18.8 Å². The minimum Gasteiger partial charge on any atom is -0.461 e. The maximum absolute atomic E-state index is 13.0. The second-order valence-corrected chi connectivity index (χ2v) is 8.44. The van der Waals surface area contributed by atoms with Gasteiger partial charge in [-0.2, -0.15) is 0 Å². The Balaban J connectivity index is 2.12. The van der Waals surface area contributed by atoms with Crippen LogP contribution in [0.2, 0.25) is 0 Å². The van der Waals surface area contributed by atoms with Crippen LogP contribution in [-0.2, 0) is 47.7 Å². The summed E-state index contributed by atoms with van der Waals surface area (Å²) in [6.07, 6.45) is -2.41. The Bertz CT molecular complexity index is 873. The van der Waals surface area contributed by atoms with E-state index in [1.54, 1.807) is 6.92 Å². The molecule has 2 aliphatic heterocycles. The zero-order valence-electron chi connectivity index (χ0n) is 18.1. The Morgan fingerprint density at radius 3 is 2.32 bits per heavy atom. The molecule has 0 amide bonds. The van der Waals surface area contributed by atoms with Crippen LogP contribution in [0.1, 0.15) is 53.9 Å². The molecule has 0 radical (unpaired) electrons. The molecular formula is C21H26O10. The normalized spacial score (nSPS) is 34.8. The van der Waals surface area contributed by atoms with E-state index in [1.807, 2.05) is 0 Å². The van der Waals surface area contributed by atoms with Crippen LogP contribution < -0.4 is 0 Å². The number of fused-ring (bicyclic) bond motifs is 3. The molecule has 31 heavy (non-hydrogen) atoms. The molecule has 0 aromatic carbocycles. The average Bonchev–Trinajstić information content (AvgIpc) is 3.19. The molecule has 0 aromatic rings. The Hall–Kier alpha value is -2.75. The number of hydrogen-bond acceptors (Lipinski definition) is 10. The molecule has 0 unspecified atom stereocenters. The number of hydrogen-bond donors (Lipinski definition) is 0. The molecule has 1 saturated carbocycles. The summed E-state index contributed by atoms with van der Waals surface area (Å²) in [5.74, 6) is -3.04. The summed E-state index contributed by atoms with van der Waals surface area (Å²) in [5.41, 5.74) is -2.09. The number of epoxide rings is 1. The van der Waals surface area contributed by atoms with E-state index < -0.39 is 53.4 Å². The van der Waals surface area contributed by atoms with Crippen molar-refractivity contribution in [2.45, 2.75) is 83.4 Å². The van der Waals surface area contributed by atoms with Crippen molar-refractivity contribution < 1.29 is 47.7 Å². The molecule has 170 valence electrons. The zero-order valence-corrected chi connectivity index (χ0v) is 18.1. The van der Waals surface area contributed by atoms with Crippen LogP contribution in [0.5, 0.6) is 0 Å². The average molecular weight is 438 g/mol. The molecule has 3 rings (SSSR count). The van der Waals surface area contributed by atoms with E-state index in [-0.39, 0.29) is 36.4 Å². The number of ketones is 1. The Kier molecular flexibility index (Phi) is 5.96. The molecule has 0 aromatic heterocycles. The molecule has 2 heterocycles. The highest BCUT2D eigenvalue weighted by molar-refractivity contribution is 5.94. The molecular weight excluding hydrogens is 412 g/mol. The van der Waals surface area contributed by atoms with Crippen molar-refractivity contribution >= 4 is 29.7 Å². The molecule has 3 aliphatic rings. The van der Waals surface area contributed by atoms with E-state index in [1.165, 1.54) is 27.7 Å². The monoisotopic (exact) mass is 438 g/mol. The van der Waals surface area contributed by atoms with E-state index in [4.69, 9.17) is 23.7 Å². The van der Waals surface area contributed by atoms with Crippen molar-refractivity contribution in [2.75, 3.05) is 6.61 Å². The molecule has 10 heteroatoms.